The molecule has 23 heavy (non-hydrogen) atoms. The molecule has 1 unspecified atom stereocenters. The average molecular weight is 363 g/mol. The Bertz CT molecular complexity index is 745. The molecule has 1 aromatic heterocycles. The van der Waals surface area contributed by atoms with Gasteiger partial charge in [0.2, 0.25) is 0 Å². The van der Waals surface area contributed by atoms with E-state index in [1.807, 2.05) is 48.7 Å². The van der Waals surface area contributed by atoms with Gasteiger partial charge in [0, 0.05) is 39.1 Å². The van der Waals surface area contributed by atoms with Crippen LogP contribution in [-0.2, 0) is 6.42 Å². The van der Waals surface area contributed by atoms with Gasteiger partial charge in [-0.15, -0.1) is 11.8 Å². The van der Waals surface area contributed by atoms with Crippen LogP contribution in [0.15, 0.2) is 72.1 Å². The van der Waals surface area contributed by atoms with E-state index >= 15 is 0 Å². The summed E-state index contributed by atoms with van der Waals surface area (Å²) < 4.78 is 2.14. The molecule has 5 heteroatoms. The van der Waals surface area contributed by atoms with Gasteiger partial charge in [-0.25, -0.2) is 4.98 Å². The van der Waals surface area contributed by atoms with Crippen molar-refractivity contribution in [3.05, 3.63) is 82.9 Å². The highest BCUT2D eigenvalue weighted by Crippen LogP contribution is 2.29. The Morgan fingerprint density at radius 3 is 2.61 bits per heavy atom. The lowest BCUT2D eigenvalue weighted by atomic mass is 10.1. The standard InChI is InChI=1S/C18H16Cl2N2S/c19-15-7-6-14(18(20)11-15)10-16(22-9-8-21-13-22)12-23-17-4-2-1-3-5-17/h1-9,11,13,16H,10,12H2. The number of hydrogen-bond acceptors (Lipinski definition) is 2. The first-order valence-corrected chi connectivity index (χ1v) is 9.06. The number of benzene rings is 2. The molecule has 118 valence electrons. The summed E-state index contributed by atoms with van der Waals surface area (Å²) in [5, 5.41) is 1.38. The fraction of sp³-hybridized carbons (Fsp3) is 0.167. The SMILES string of the molecule is Clc1ccc(CC(CSc2ccccc2)n2ccnc2)c(Cl)c1. The van der Waals surface area contributed by atoms with Crippen LogP contribution in [0.25, 0.3) is 0 Å². The van der Waals surface area contributed by atoms with Gasteiger partial charge in [0.05, 0.1) is 6.33 Å². The first-order valence-electron chi connectivity index (χ1n) is 7.31. The topological polar surface area (TPSA) is 17.8 Å². The van der Waals surface area contributed by atoms with Crippen molar-refractivity contribution in [2.75, 3.05) is 5.75 Å². The van der Waals surface area contributed by atoms with Gasteiger partial charge in [-0.1, -0.05) is 47.5 Å². The minimum atomic E-state index is 0.279. The van der Waals surface area contributed by atoms with Gasteiger partial charge in [-0.05, 0) is 36.2 Å². The lowest BCUT2D eigenvalue weighted by molar-refractivity contribution is 0.553. The minimum absolute atomic E-state index is 0.279. The molecule has 2 aromatic carbocycles. The lowest BCUT2D eigenvalue weighted by Gasteiger charge is -2.19. The molecule has 2 nitrogen and oxygen atoms in total. The fourth-order valence-corrected chi connectivity index (χ4v) is 3.90. The summed E-state index contributed by atoms with van der Waals surface area (Å²) in [6.07, 6.45) is 6.51. The smallest absolute Gasteiger partial charge is 0.0948 e. The van der Waals surface area contributed by atoms with Crippen molar-refractivity contribution < 1.29 is 0 Å². The van der Waals surface area contributed by atoms with Gasteiger partial charge in [0.25, 0.3) is 0 Å². The monoisotopic (exact) mass is 362 g/mol. The highest BCUT2D eigenvalue weighted by atomic mass is 35.5. The van der Waals surface area contributed by atoms with Crippen LogP contribution in [0, 0.1) is 0 Å². The van der Waals surface area contributed by atoms with Gasteiger partial charge in [0.15, 0.2) is 0 Å². The van der Waals surface area contributed by atoms with Crippen LogP contribution in [0.4, 0.5) is 0 Å². The highest BCUT2D eigenvalue weighted by molar-refractivity contribution is 7.99. The van der Waals surface area contributed by atoms with Crippen molar-refractivity contribution in [3.63, 3.8) is 0 Å². The molecule has 3 rings (SSSR count). The van der Waals surface area contributed by atoms with E-state index in [2.05, 4.69) is 33.8 Å². The molecular weight excluding hydrogens is 347 g/mol. The molecule has 0 amide bonds. The van der Waals surface area contributed by atoms with E-state index in [1.54, 1.807) is 6.07 Å². The number of rotatable bonds is 6. The first-order chi connectivity index (χ1) is 11.2. The molecule has 1 atom stereocenters. The van der Waals surface area contributed by atoms with Crippen LogP contribution >= 0.6 is 35.0 Å². The number of hydrogen-bond donors (Lipinski definition) is 0. The summed E-state index contributed by atoms with van der Waals surface area (Å²) in [6.45, 7) is 0. The van der Waals surface area contributed by atoms with E-state index in [0.29, 0.717) is 10.0 Å². The number of thioether (sulfide) groups is 1. The third kappa shape index (κ3) is 4.54. The van der Waals surface area contributed by atoms with E-state index in [4.69, 9.17) is 23.2 Å². The van der Waals surface area contributed by atoms with Crippen molar-refractivity contribution in [1.82, 2.24) is 9.55 Å². The summed E-state index contributed by atoms with van der Waals surface area (Å²) in [6, 6.07) is 16.4. The molecule has 0 aliphatic heterocycles. The Balaban J connectivity index is 1.76. The van der Waals surface area contributed by atoms with E-state index in [0.717, 1.165) is 17.7 Å². The zero-order chi connectivity index (χ0) is 16.1. The predicted molar refractivity (Wildman–Crippen MR) is 98.6 cm³/mol. The quantitative estimate of drug-likeness (QED) is 0.518. The van der Waals surface area contributed by atoms with Crippen molar-refractivity contribution in [2.24, 2.45) is 0 Å². The Kier molecular flexibility index (Phi) is 5.65. The van der Waals surface area contributed by atoms with Crippen LogP contribution in [0.2, 0.25) is 10.0 Å². The highest BCUT2D eigenvalue weighted by Gasteiger charge is 2.14. The predicted octanol–water partition coefficient (Wildman–Crippen LogP) is 5.77. The summed E-state index contributed by atoms with van der Waals surface area (Å²) in [5.41, 5.74) is 1.10. The van der Waals surface area contributed by atoms with Crippen LogP contribution < -0.4 is 0 Å². The van der Waals surface area contributed by atoms with Gasteiger partial charge in [-0.3, -0.25) is 0 Å². The van der Waals surface area contributed by atoms with Crippen LogP contribution in [0.3, 0.4) is 0 Å². The maximum Gasteiger partial charge on any atom is 0.0948 e. The molecule has 1 heterocycles. The van der Waals surface area contributed by atoms with Crippen LogP contribution in [0.5, 0.6) is 0 Å². The van der Waals surface area contributed by atoms with E-state index < -0.39 is 0 Å². The summed E-state index contributed by atoms with van der Waals surface area (Å²) >= 11 is 14.2. The van der Waals surface area contributed by atoms with Crippen molar-refractivity contribution in [3.8, 4) is 0 Å². The third-order valence-corrected chi connectivity index (χ3v) is 5.35. The zero-order valence-electron chi connectivity index (χ0n) is 12.4. The van der Waals surface area contributed by atoms with E-state index in [9.17, 15) is 0 Å². The molecule has 0 saturated heterocycles. The summed E-state index contributed by atoms with van der Waals surface area (Å²) in [4.78, 5) is 5.44. The van der Waals surface area contributed by atoms with Gasteiger partial charge < -0.3 is 4.57 Å². The Morgan fingerprint density at radius 2 is 1.91 bits per heavy atom. The average Bonchev–Trinajstić information content (AvgIpc) is 3.08. The molecule has 0 saturated carbocycles. The molecule has 0 aliphatic carbocycles. The molecule has 0 bridgehead atoms. The van der Waals surface area contributed by atoms with E-state index in [-0.39, 0.29) is 6.04 Å². The number of aromatic nitrogens is 2. The van der Waals surface area contributed by atoms with Crippen LogP contribution in [0.1, 0.15) is 11.6 Å². The Hall–Kier alpha value is -1.42. The van der Waals surface area contributed by atoms with Crippen LogP contribution in [-0.4, -0.2) is 15.3 Å². The normalized spacial score (nSPS) is 12.3. The van der Waals surface area contributed by atoms with Crippen molar-refractivity contribution in [2.45, 2.75) is 17.4 Å². The Morgan fingerprint density at radius 1 is 1.09 bits per heavy atom. The van der Waals surface area contributed by atoms with Crippen molar-refractivity contribution >= 4 is 35.0 Å². The third-order valence-electron chi connectivity index (χ3n) is 3.60. The number of halogens is 2. The van der Waals surface area contributed by atoms with Crippen molar-refractivity contribution in [1.29, 1.82) is 0 Å². The van der Waals surface area contributed by atoms with E-state index in [1.165, 1.54) is 4.90 Å². The Labute approximate surface area is 150 Å². The molecule has 0 spiro atoms. The molecular formula is C18H16Cl2N2S. The minimum Gasteiger partial charge on any atom is -0.333 e. The molecule has 0 fully saturated rings. The number of imidazole rings is 1. The fourth-order valence-electron chi connectivity index (χ4n) is 2.39. The second-order valence-electron chi connectivity index (χ2n) is 5.23. The maximum absolute atomic E-state index is 6.34. The second kappa shape index (κ2) is 7.91. The largest absolute Gasteiger partial charge is 0.333 e. The molecule has 0 N–H and O–H groups in total. The second-order valence-corrected chi connectivity index (χ2v) is 7.16. The van der Waals surface area contributed by atoms with Gasteiger partial charge >= 0.3 is 0 Å². The molecule has 3 aromatic rings. The molecule has 0 aliphatic rings. The first kappa shape index (κ1) is 16.4. The molecule has 0 radical (unpaired) electrons. The number of nitrogens with zero attached hydrogens (tertiary/aromatic N) is 2. The van der Waals surface area contributed by atoms with Gasteiger partial charge in [0.1, 0.15) is 0 Å². The summed E-state index contributed by atoms with van der Waals surface area (Å²) in [5.74, 6) is 0.944. The summed E-state index contributed by atoms with van der Waals surface area (Å²) in [7, 11) is 0. The zero-order valence-corrected chi connectivity index (χ0v) is 14.7. The maximum atomic E-state index is 6.34. The lowest BCUT2D eigenvalue weighted by Crippen LogP contribution is -2.13. The van der Waals surface area contributed by atoms with Gasteiger partial charge in [-0.2, -0.15) is 0 Å².